The molecule has 0 amide bonds. The van der Waals surface area contributed by atoms with Crippen molar-refractivity contribution < 1.29 is 13.9 Å². The van der Waals surface area contributed by atoms with Crippen molar-refractivity contribution >= 4 is 5.97 Å². The van der Waals surface area contributed by atoms with Crippen molar-refractivity contribution in [3.8, 4) is 11.3 Å². The van der Waals surface area contributed by atoms with Crippen LogP contribution in [-0.2, 0) is 4.74 Å². The van der Waals surface area contributed by atoms with E-state index in [2.05, 4.69) is 9.84 Å². The largest absolute Gasteiger partial charge is 0.465 e. The standard InChI is InChI=1S/C14H13FN2O2/c1-19-14(18)11-5-2-9(8-12(11)15)13-6-7-16-17(13)10-3-4-10/h2,5-8,10H,3-4H2,1H3. The van der Waals surface area contributed by atoms with Gasteiger partial charge in [-0.25, -0.2) is 9.18 Å². The van der Waals surface area contributed by atoms with Crippen LogP contribution in [0.4, 0.5) is 4.39 Å². The van der Waals surface area contributed by atoms with Gasteiger partial charge in [0, 0.05) is 11.8 Å². The maximum Gasteiger partial charge on any atom is 0.340 e. The van der Waals surface area contributed by atoms with Crippen LogP contribution in [0.15, 0.2) is 30.5 Å². The Labute approximate surface area is 109 Å². The average Bonchev–Trinajstić information content (AvgIpc) is 3.15. The zero-order valence-electron chi connectivity index (χ0n) is 10.5. The van der Waals surface area contributed by atoms with Crippen LogP contribution < -0.4 is 0 Å². The summed E-state index contributed by atoms with van der Waals surface area (Å²) in [5, 5.41) is 4.26. The Morgan fingerprint density at radius 2 is 2.21 bits per heavy atom. The van der Waals surface area contributed by atoms with Crippen molar-refractivity contribution in [1.82, 2.24) is 9.78 Å². The molecule has 3 rings (SSSR count). The number of aromatic nitrogens is 2. The van der Waals surface area contributed by atoms with Gasteiger partial charge < -0.3 is 4.74 Å². The van der Waals surface area contributed by atoms with E-state index in [1.807, 2.05) is 10.7 Å². The van der Waals surface area contributed by atoms with Gasteiger partial charge in [0.2, 0.25) is 0 Å². The first-order chi connectivity index (χ1) is 9.20. The normalized spacial score (nSPS) is 14.4. The van der Waals surface area contributed by atoms with Gasteiger partial charge in [-0.05, 0) is 31.0 Å². The van der Waals surface area contributed by atoms with Gasteiger partial charge in [0.1, 0.15) is 5.82 Å². The second-order valence-electron chi connectivity index (χ2n) is 4.58. The number of ether oxygens (including phenoxy) is 1. The number of hydrogen-bond acceptors (Lipinski definition) is 3. The van der Waals surface area contributed by atoms with Gasteiger partial charge in [0.05, 0.1) is 24.4 Å². The molecule has 98 valence electrons. The van der Waals surface area contributed by atoms with Crippen molar-refractivity contribution in [2.24, 2.45) is 0 Å². The SMILES string of the molecule is COC(=O)c1ccc(-c2ccnn2C2CC2)cc1F. The highest BCUT2D eigenvalue weighted by Crippen LogP contribution is 2.37. The first kappa shape index (κ1) is 11.9. The van der Waals surface area contributed by atoms with Crippen LogP contribution in [0.3, 0.4) is 0 Å². The molecule has 0 atom stereocenters. The zero-order valence-corrected chi connectivity index (χ0v) is 10.5. The van der Waals surface area contributed by atoms with Crippen LogP contribution in [0.2, 0.25) is 0 Å². The summed E-state index contributed by atoms with van der Waals surface area (Å²) in [6.07, 6.45) is 3.93. The van der Waals surface area contributed by atoms with Crippen LogP contribution in [-0.4, -0.2) is 22.9 Å². The quantitative estimate of drug-likeness (QED) is 0.797. The van der Waals surface area contributed by atoms with E-state index in [1.54, 1.807) is 12.3 Å². The van der Waals surface area contributed by atoms with Gasteiger partial charge in [0.25, 0.3) is 0 Å². The smallest absolute Gasteiger partial charge is 0.340 e. The molecule has 1 aromatic carbocycles. The number of halogens is 1. The third kappa shape index (κ3) is 2.12. The molecule has 0 saturated heterocycles. The summed E-state index contributed by atoms with van der Waals surface area (Å²) in [4.78, 5) is 11.3. The Kier molecular flexibility index (Phi) is 2.81. The van der Waals surface area contributed by atoms with Crippen molar-refractivity contribution in [2.75, 3.05) is 7.11 Å². The number of carbonyl (C=O) groups excluding carboxylic acids is 1. The molecular formula is C14H13FN2O2. The van der Waals surface area contributed by atoms with Crippen molar-refractivity contribution in [1.29, 1.82) is 0 Å². The minimum atomic E-state index is -0.667. The van der Waals surface area contributed by atoms with E-state index in [4.69, 9.17) is 0 Å². The summed E-state index contributed by atoms with van der Waals surface area (Å²) in [6.45, 7) is 0. The predicted molar refractivity (Wildman–Crippen MR) is 67.2 cm³/mol. The number of rotatable bonds is 3. The minimum Gasteiger partial charge on any atom is -0.465 e. The molecule has 0 radical (unpaired) electrons. The summed E-state index contributed by atoms with van der Waals surface area (Å²) in [5.74, 6) is -1.24. The number of benzene rings is 1. The molecule has 1 fully saturated rings. The topological polar surface area (TPSA) is 44.1 Å². The summed E-state index contributed by atoms with van der Waals surface area (Å²) in [7, 11) is 1.23. The van der Waals surface area contributed by atoms with Crippen molar-refractivity contribution in [2.45, 2.75) is 18.9 Å². The molecule has 0 aliphatic heterocycles. The lowest BCUT2D eigenvalue weighted by Gasteiger charge is -2.07. The van der Waals surface area contributed by atoms with Crippen molar-refractivity contribution in [3.63, 3.8) is 0 Å². The fourth-order valence-corrected chi connectivity index (χ4v) is 2.10. The first-order valence-corrected chi connectivity index (χ1v) is 6.12. The van der Waals surface area contributed by atoms with Gasteiger partial charge >= 0.3 is 5.97 Å². The van der Waals surface area contributed by atoms with Crippen molar-refractivity contribution in [3.05, 3.63) is 41.8 Å². The molecular weight excluding hydrogens is 247 g/mol. The lowest BCUT2D eigenvalue weighted by Crippen LogP contribution is -2.05. The number of hydrogen-bond donors (Lipinski definition) is 0. The third-order valence-corrected chi connectivity index (χ3v) is 3.23. The summed E-state index contributed by atoms with van der Waals surface area (Å²) >= 11 is 0. The van der Waals surface area contributed by atoms with Crippen LogP contribution in [0, 0.1) is 5.82 Å². The van der Waals surface area contributed by atoms with E-state index in [-0.39, 0.29) is 5.56 Å². The molecule has 1 aliphatic carbocycles. The van der Waals surface area contributed by atoms with E-state index < -0.39 is 11.8 Å². The number of esters is 1. The third-order valence-electron chi connectivity index (χ3n) is 3.23. The average molecular weight is 260 g/mol. The first-order valence-electron chi connectivity index (χ1n) is 6.12. The van der Waals surface area contributed by atoms with Gasteiger partial charge in [-0.1, -0.05) is 6.07 Å². The highest BCUT2D eigenvalue weighted by atomic mass is 19.1. The Bertz CT molecular complexity index is 632. The van der Waals surface area contributed by atoms with Crippen LogP contribution in [0.5, 0.6) is 0 Å². The van der Waals surface area contributed by atoms with Crippen LogP contribution >= 0.6 is 0 Å². The molecule has 1 saturated carbocycles. The molecule has 2 aromatic rings. The maximum absolute atomic E-state index is 13.9. The van der Waals surface area contributed by atoms with E-state index in [0.29, 0.717) is 6.04 Å². The molecule has 19 heavy (non-hydrogen) atoms. The molecule has 1 aromatic heterocycles. The summed E-state index contributed by atoms with van der Waals surface area (Å²) in [6, 6.07) is 6.78. The Morgan fingerprint density at radius 1 is 1.42 bits per heavy atom. The molecule has 0 N–H and O–H groups in total. The lowest BCUT2D eigenvalue weighted by atomic mass is 10.1. The van der Waals surface area contributed by atoms with Crippen LogP contribution in [0.1, 0.15) is 29.2 Å². The number of carbonyl (C=O) groups is 1. The monoisotopic (exact) mass is 260 g/mol. The fourth-order valence-electron chi connectivity index (χ4n) is 2.10. The fraction of sp³-hybridized carbons (Fsp3) is 0.286. The lowest BCUT2D eigenvalue weighted by molar-refractivity contribution is 0.0595. The van der Waals surface area contributed by atoms with Gasteiger partial charge in [-0.3, -0.25) is 4.68 Å². The Hall–Kier alpha value is -2.17. The molecule has 5 heteroatoms. The number of nitrogens with zero attached hydrogens (tertiary/aromatic N) is 2. The van der Waals surface area contributed by atoms with E-state index in [9.17, 15) is 9.18 Å². The second-order valence-corrected chi connectivity index (χ2v) is 4.58. The highest BCUT2D eigenvalue weighted by molar-refractivity contribution is 5.90. The minimum absolute atomic E-state index is 0.0521. The molecule has 0 bridgehead atoms. The Morgan fingerprint density at radius 3 is 2.84 bits per heavy atom. The van der Waals surface area contributed by atoms with Gasteiger partial charge in [0.15, 0.2) is 0 Å². The number of methoxy groups -OCH3 is 1. The molecule has 4 nitrogen and oxygen atoms in total. The highest BCUT2D eigenvalue weighted by Gasteiger charge is 2.26. The summed E-state index contributed by atoms with van der Waals surface area (Å²) in [5.41, 5.74) is 1.54. The molecule has 0 spiro atoms. The van der Waals surface area contributed by atoms with Gasteiger partial charge in [-0.2, -0.15) is 5.10 Å². The van der Waals surface area contributed by atoms with Crippen LogP contribution in [0.25, 0.3) is 11.3 Å². The van der Waals surface area contributed by atoms with E-state index in [0.717, 1.165) is 24.1 Å². The van der Waals surface area contributed by atoms with Gasteiger partial charge in [-0.15, -0.1) is 0 Å². The Balaban J connectivity index is 1.99. The zero-order chi connectivity index (χ0) is 13.4. The molecule has 0 unspecified atom stereocenters. The second kappa shape index (κ2) is 4.50. The molecule has 1 heterocycles. The maximum atomic E-state index is 13.9. The molecule has 1 aliphatic rings. The summed E-state index contributed by atoms with van der Waals surface area (Å²) < 4.78 is 20.3. The van der Waals surface area contributed by atoms with E-state index in [1.165, 1.54) is 19.2 Å². The predicted octanol–water partition coefficient (Wildman–Crippen LogP) is 2.81. The van der Waals surface area contributed by atoms with E-state index >= 15 is 0 Å².